The first-order chi connectivity index (χ1) is 6.22. The molecule has 3 nitrogen and oxygen atoms in total. The van der Waals surface area contributed by atoms with Crippen LogP contribution in [0.1, 0.15) is 34.6 Å². The number of rotatable bonds is 3. The average molecular weight is 199 g/mol. The van der Waals surface area contributed by atoms with Crippen molar-refractivity contribution in [2.45, 2.75) is 46.3 Å². The predicted molar refractivity (Wildman–Crippen MR) is 57.8 cm³/mol. The van der Waals surface area contributed by atoms with Gasteiger partial charge in [-0.2, -0.15) is 0 Å². The van der Waals surface area contributed by atoms with Crippen LogP contribution in [0.2, 0.25) is 0 Å². The molecule has 0 unspecified atom stereocenters. The summed E-state index contributed by atoms with van der Waals surface area (Å²) in [4.78, 5) is 11.2. The Hall–Kier alpha value is -0.830. The highest BCUT2D eigenvalue weighted by Crippen LogP contribution is 2.07. The van der Waals surface area contributed by atoms with Gasteiger partial charge in [-0.15, -0.1) is 0 Å². The minimum absolute atomic E-state index is 0.0949. The first kappa shape index (κ1) is 13.2. The van der Waals surface area contributed by atoms with Gasteiger partial charge in [0.15, 0.2) is 0 Å². The molecule has 0 saturated heterocycles. The summed E-state index contributed by atoms with van der Waals surface area (Å²) in [5, 5.41) is 0. The molecule has 0 spiro atoms. The number of esters is 1. The van der Waals surface area contributed by atoms with Crippen LogP contribution in [0, 0.1) is 5.92 Å². The van der Waals surface area contributed by atoms with Crippen LogP contribution in [0.5, 0.6) is 0 Å². The first-order valence-electron chi connectivity index (χ1n) is 4.89. The van der Waals surface area contributed by atoms with E-state index in [4.69, 9.17) is 10.5 Å². The van der Waals surface area contributed by atoms with Gasteiger partial charge < -0.3 is 10.5 Å². The molecule has 0 radical (unpaired) electrons. The zero-order valence-electron chi connectivity index (χ0n) is 9.70. The van der Waals surface area contributed by atoms with Crippen LogP contribution in [-0.2, 0) is 9.53 Å². The van der Waals surface area contributed by atoms with E-state index in [0.717, 1.165) is 0 Å². The summed E-state index contributed by atoms with van der Waals surface area (Å²) in [5.41, 5.74) is 5.29. The second kappa shape index (κ2) is 5.15. The van der Waals surface area contributed by atoms with Gasteiger partial charge in [-0.3, -0.25) is 0 Å². The van der Waals surface area contributed by atoms with Crippen molar-refractivity contribution >= 4 is 5.97 Å². The summed E-state index contributed by atoms with van der Waals surface area (Å²) >= 11 is 0. The fourth-order valence-electron chi connectivity index (χ4n) is 0.748. The molecule has 0 aliphatic rings. The van der Waals surface area contributed by atoms with Gasteiger partial charge in [0, 0.05) is 12.1 Å². The fraction of sp³-hybridized carbons (Fsp3) is 0.727. The Morgan fingerprint density at radius 3 is 2.21 bits per heavy atom. The number of hydrogen-bond acceptors (Lipinski definition) is 3. The maximum atomic E-state index is 11.2. The van der Waals surface area contributed by atoms with Gasteiger partial charge in [0.1, 0.15) is 5.60 Å². The highest BCUT2D eigenvalue weighted by molar-refractivity contribution is 5.82. The molecule has 0 amide bonds. The second-order valence-electron chi connectivity index (χ2n) is 4.71. The number of ether oxygens (including phenoxy) is 1. The molecule has 82 valence electrons. The van der Waals surface area contributed by atoms with Gasteiger partial charge in [0.05, 0.1) is 0 Å². The third-order valence-electron chi connectivity index (χ3n) is 1.63. The summed E-state index contributed by atoms with van der Waals surface area (Å²) in [7, 11) is 0. The monoisotopic (exact) mass is 199 g/mol. The maximum absolute atomic E-state index is 11.2. The van der Waals surface area contributed by atoms with Crippen molar-refractivity contribution in [2.24, 2.45) is 11.7 Å². The highest BCUT2D eigenvalue weighted by atomic mass is 16.6. The minimum Gasteiger partial charge on any atom is -0.457 e. The van der Waals surface area contributed by atoms with Crippen molar-refractivity contribution in [2.75, 3.05) is 0 Å². The van der Waals surface area contributed by atoms with Gasteiger partial charge in [-0.1, -0.05) is 19.9 Å². The molecule has 0 bridgehead atoms. The van der Waals surface area contributed by atoms with Crippen molar-refractivity contribution in [3.05, 3.63) is 12.2 Å². The molecule has 0 saturated carbocycles. The average Bonchev–Trinajstić information content (AvgIpc) is 1.96. The molecule has 14 heavy (non-hydrogen) atoms. The molecule has 2 N–H and O–H groups in total. The lowest BCUT2D eigenvalue weighted by Crippen LogP contribution is -2.25. The molecular formula is C11H21NO2. The number of carbonyl (C=O) groups is 1. The third kappa shape index (κ3) is 6.66. The molecule has 0 aliphatic carbocycles. The molecular weight excluding hydrogens is 178 g/mol. The van der Waals surface area contributed by atoms with E-state index < -0.39 is 5.60 Å². The third-order valence-corrected chi connectivity index (χ3v) is 1.63. The van der Waals surface area contributed by atoms with E-state index in [-0.39, 0.29) is 12.0 Å². The summed E-state index contributed by atoms with van der Waals surface area (Å²) in [6, 6.07) is -0.0949. The predicted octanol–water partition coefficient (Wildman–Crippen LogP) is 1.87. The second-order valence-corrected chi connectivity index (χ2v) is 4.71. The standard InChI is InChI=1S/C11H21NO2/c1-8(2)9(12)6-7-10(13)14-11(3,4)5/h6-9H,12H2,1-5H3/b7-6+/t9-/m0/s1. The molecule has 0 fully saturated rings. The van der Waals surface area contributed by atoms with Crippen LogP contribution in [0.15, 0.2) is 12.2 Å². The number of hydrogen-bond donors (Lipinski definition) is 1. The van der Waals surface area contributed by atoms with Gasteiger partial charge in [0.25, 0.3) is 0 Å². The van der Waals surface area contributed by atoms with Crippen molar-refractivity contribution in [3.63, 3.8) is 0 Å². The van der Waals surface area contributed by atoms with Crippen molar-refractivity contribution in [1.29, 1.82) is 0 Å². The van der Waals surface area contributed by atoms with Crippen molar-refractivity contribution in [1.82, 2.24) is 0 Å². The Labute approximate surface area is 86.3 Å². The molecule has 1 atom stereocenters. The Morgan fingerprint density at radius 1 is 1.36 bits per heavy atom. The number of carbonyl (C=O) groups excluding carboxylic acids is 1. The normalized spacial score (nSPS) is 14.8. The van der Waals surface area contributed by atoms with E-state index in [9.17, 15) is 4.79 Å². The minimum atomic E-state index is -0.441. The summed E-state index contributed by atoms with van der Waals surface area (Å²) in [6.45, 7) is 9.51. The van der Waals surface area contributed by atoms with E-state index in [0.29, 0.717) is 5.92 Å². The van der Waals surface area contributed by atoms with E-state index >= 15 is 0 Å². The van der Waals surface area contributed by atoms with Crippen LogP contribution in [0.4, 0.5) is 0 Å². The van der Waals surface area contributed by atoms with Crippen LogP contribution >= 0.6 is 0 Å². The van der Waals surface area contributed by atoms with E-state index in [2.05, 4.69) is 0 Å². The molecule has 0 rings (SSSR count). The Bertz CT molecular complexity index is 214. The molecule has 0 heterocycles. The maximum Gasteiger partial charge on any atom is 0.330 e. The quantitative estimate of drug-likeness (QED) is 0.557. The first-order valence-corrected chi connectivity index (χ1v) is 4.89. The SMILES string of the molecule is CC(C)[C@@H](N)/C=C/C(=O)OC(C)(C)C. The zero-order chi connectivity index (χ0) is 11.4. The zero-order valence-corrected chi connectivity index (χ0v) is 9.70. The van der Waals surface area contributed by atoms with Crippen LogP contribution < -0.4 is 5.73 Å². The molecule has 0 aromatic rings. The smallest absolute Gasteiger partial charge is 0.330 e. The summed E-state index contributed by atoms with van der Waals surface area (Å²) in [5.74, 6) is -0.0118. The van der Waals surface area contributed by atoms with Gasteiger partial charge >= 0.3 is 5.97 Å². The largest absolute Gasteiger partial charge is 0.457 e. The lowest BCUT2D eigenvalue weighted by molar-refractivity contribution is -0.148. The highest BCUT2D eigenvalue weighted by Gasteiger charge is 2.14. The fourth-order valence-corrected chi connectivity index (χ4v) is 0.748. The Balaban J connectivity index is 4.07. The van der Waals surface area contributed by atoms with Crippen LogP contribution in [0.25, 0.3) is 0 Å². The molecule has 0 aromatic carbocycles. The topological polar surface area (TPSA) is 52.3 Å². The Morgan fingerprint density at radius 2 is 1.86 bits per heavy atom. The number of nitrogens with two attached hydrogens (primary N) is 1. The Kier molecular flexibility index (Phi) is 4.85. The van der Waals surface area contributed by atoms with E-state index in [1.807, 2.05) is 34.6 Å². The summed E-state index contributed by atoms with van der Waals surface area (Å²) in [6.07, 6.45) is 3.08. The molecule has 3 heteroatoms. The van der Waals surface area contributed by atoms with Crippen LogP contribution in [0.3, 0.4) is 0 Å². The van der Waals surface area contributed by atoms with Crippen LogP contribution in [-0.4, -0.2) is 17.6 Å². The van der Waals surface area contributed by atoms with Gasteiger partial charge in [0.2, 0.25) is 0 Å². The van der Waals surface area contributed by atoms with E-state index in [1.165, 1.54) is 6.08 Å². The molecule has 0 aromatic heterocycles. The van der Waals surface area contributed by atoms with Crippen molar-refractivity contribution < 1.29 is 9.53 Å². The summed E-state index contributed by atoms with van der Waals surface area (Å²) < 4.78 is 5.09. The van der Waals surface area contributed by atoms with E-state index in [1.54, 1.807) is 6.08 Å². The lowest BCUT2D eigenvalue weighted by Gasteiger charge is -2.18. The van der Waals surface area contributed by atoms with Gasteiger partial charge in [-0.25, -0.2) is 4.79 Å². The molecule has 0 aliphatic heterocycles. The van der Waals surface area contributed by atoms with Crippen molar-refractivity contribution in [3.8, 4) is 0 Å². The lowest BCUT2D eigenvalue weighted by atomic mass is 10.1. The van der Waals surface area contributed by atoms with Gasteiger partial charge in [-0.05, 0) is 26.7 Å².